The highest BCUT2D eigenvalue weighted by Crippen LogP contribution is 2.33. The topological polar surface area (TPSA) is 92.4 Å². The lowest BCUT2D eigenvalue weighted by atomic mass is 10.0. The summed E-state index contributed by atoms with van der Waals surface area (Å²) in [5.74, 6) is -1.14. The third-order valence-corrected chi connectivity index (χ3v) is 6.62. The summed E-state index contributed by atoms with van der Waals surface area (Å²) in [6.45, 7) is -0.565. The first-order valence-corrected chi connectivity index (χ1v) is 12.6. The number of carbonyl (C=O) groups excluding carboxylic acids is 3. The molecule has 39 heavy (non-hydrogen) atoms. The molecule has 0 N–H and O–H groups in total. The summed E-state index contributed by atoms with van der Waals surface area (Å²) in [5.41, 5.74) is 2.39. The molecule has 8 nitrogen and oxygen atoms in total. The smallest absolute Gasteiger partial charge is 0.339 e. The van der Waals surface area contributed by atoms with Gasteiger partial charge >= 0.3 is 5.97 Å². The Bertz CT molecular complexity index is 1520. The van der Waals surface area contributed by atoms with Gasteiger partial charge in [0.05, 0.1) is 23.1 Å². The molecule has 1 aliphatic heterocycles. The van der Waals surface area contributed by atoms with Gasteiger partial charge in [-0.2, -0.15) is 5.10 Å². The Hall–Kier alpha value is -4.69. The number of ether oxygens (including phenoxy) is 1. The SMILES string of the molecule is CN(C(=O)c1ccccc1C(=O)OCC(=O)N1N=C(c2ccc(Cl)cc2)CC1c1ccco1)c1ccccc1. The van der Waals surface area contributed by atoms with Crippen LogP contribution >= 0.6 is 11.6 Å². The predicted molar refractivity (Wildman–Crippen MR) is 147 cm³/mol. The first-order chi connectivity index (χ1) is 18.9. The highest BCUT2D eigenvalue weighted by Gasteiger charge is 2.35. The molecule has 1 unspecified atom stereocenters. The Labute approximate surface area is 230 Å². The molecule has 1 atom stereocenters. The lowest BCUT2D eigenvalue weighted by molar-refractivity contribution is -0.136. The second kappa shape index (κ2) is 11.4. The Morgan fingerprint density at radius 2 is 1.64 bits per heavy atom. The van der Waals surface area contributed by atoms with Crippen molar-refractivity contribution in [3.05, 3.63) is 125 Å². The van der Waals surface area contributed by atoms with Gasteiger partial charge in [-0.1, -0.05) is 54.1 Å². The Morgan fingerprint density at radius 3 is 2.33 bits per heavy atom. The minimum Gasteiger partial charge on any atom is -0.467 e. The highest BCUT2D eigenvalue weighted by atomic mass is 35.5. The summed E-state index contributed by atoms with van der Waals surface area (Å²) in [7, 11) is 1.63. The molecule has 0 spiro atoms. The molecule has 2 heterocycles. The molecule has 0 saturated carbocycles. The monoisotopic (exact) mass is 541 g/mol. The molecule has 1 aliphatic rings. The second-order valence-corrected chi connectivity index (χ2v) is 9.29. The van der Waals surface area contributed by atoms with Gasteiger partial charge in [-0.25, -0.2) is 9.80 Å². The molecule has 1 aromatic heterocycles. The zero-order valence-electron chi connectivity index (χ0n) is 21.0. The van der Waals surface area contributed by atoms with Crippen LogP contribution in [0.15, 0.2) is 107 Å². The number of halogens is 1. The van der Waals surface area contributed by atoms with Crippen molar-refractivity contribution in [2.24, 2.45) is 5.10 Å². The third kappa shape index (κ3) is 5.61. The summed E-state index contributed by atoms with van der Waals surface area (Å²) >= 11 is 6.02. The summed E-state index contributed by atoms with van der Waals surface area (Å²) in [4.78, 5) is 40.9. The van der Waals surface area contributed by atoms with Crippen molar-refractivity contribution in [2.75, 3.05) is 18.6 Å². The van der Waals surface area contributed by atoms with Crippen LogP contribution in [0.1, 0.15) is 44.5 Å². The lowest BCUT2D eigenvalue weighted by Crippen LogP contribution is -2.32. The lowest BCUT2D eigenvalue weighted by Gasteiger charge is -2.20. The zero-order chi connectivity index (χ0) is 27.4. The van der Waals surface area contributed by atoms with Gasteiger partial charge < -0.3 is 14.1 Å². The van der Waals surface area contributed by atoms with Gasteiger partial charge in [0.25, 0.3) is 11.8 Å². The van der Waals surface area contributed by atoms with Crippen LogP contribution in [0.2, 0.25) is 5.02 Å². The molecule has 3 aromatic carbocycles. The maximum absolute atomic E-state index is 13.2. The molecule has 0 aliphatic carbocycles. The van der Waals surface area contributed by atoms with Crippen molar-refractivity contribution in [1.82, 2.24) is 5.01 Å². The van der Waals surface area contributed by atoms with Crippen LogP contribution in [-0.2, 0) is 9.53 Å². The summed E-state index contributed by atoms with van der Waals surface area (Å²) < 4.78 is 10.9. The Balaban J connectivity index is 1.32. The summed E-state index contributed by atoms with van der Waals surface area (Å²) in [5, 5.41) is 6.39. The molecular formula is C30H24ClN3O5. The molecule has 5 rings (SSSR count). The Kier molecular flexibility index (Phi) is 7.56. The summed E-state index contributed by atoms with van der Waals surface area (Å²) in [6, 6.07) is 25.6. The number of amides is 2. The van der Waals surface area contributed by atoms with Gasteiger partial charge in [-0.05, 0) is 54.1 Å². The quantitative estimate of drug-likeness (QED) is 0.278. The number of hydrogen-bond acceptors (Lipinski definition) is 6. The number of esters is 1. The minimum atomic E-state index is -0.788. The molecule has 9 heteroatoms. The van der Waals surface area contributed by atoms with E-state index < -0.39 is 24.5 Å². The van der Waals surface area contributed by atoms with Gasteiger partial charge in [0, 0.05) is 24.2 Å². The highest BCUT2D eigenvalue weighted by molar-refractivity contribution is 6.30. The number of carbonyl (C=O) groups is 3. The van der Waals surface area contributed by atoms with Crippen molar-refractivity contribution in [3.63, 3.8) is 0 Å². The van der Waals surface area contributed by atoms with Gasteiger partial charge in [0.2, 0.25) is 0 Å². The number of nitrogens with zero attached hydrogens (tertiary/aromatic N) is 3. The van der Waals surface area contributed by atoms with E-state index in [1.807, 2.05) is 30.3 Å². The van der Waals surface area contributed by atoms with Crippen LogP contribution in [0.25, 0.3) is 0 Å². The molecule has 2 amide bonds. The van der Waals surface area contributed by atoms with E-state index >= 15 is 0 Å². The fraction of sp³-hybridized carbons (Fsp3) is 0.133. The maximum Gasteiger partial charge on any atom is 0.339 e. The van der Waals surface area contributed by atoms with Crippen LogP contribution in [0.3, 0.4) is 0 Å². The molecule has 0 fully saturated rings. The van der Waals surface area contributed by atoms with Crippen molar-refractivity contribution in [3.8, 4) is 0 Å². The van der Waals surface area contributed by atoms with E-state index in [0.29, 0.717) is 28.6 Å². The number of furan rings is 1. The third-order valence-electron chi connectivity index (χ3n) is 6.37. The molecular weight excluding hydrogens is 518 g/mol. The average molecular weight is 542 g/mol. The first kappa shape index (κ1) is 25.9. The standard InChI is InChI=1S/C30H24ClN3O5/c1-33(22-8-3-2-4-9-22)29(36)23-10-5-6-11-24(23)30(37)39-19-28(35)34-26(27-12-7-17-38-27)18-25(32-34)20-13-15-21(31)16-14-20/h2-17,26H,18-19H2,1H3. The largest absolute Gasteiger partial charge is 0.467 e. The van der Waals surface area contributed by atoms with Crippen molar-refractivity contribution < 1.29 is 23.5 Å². The fourth-order valence-corrected chi connectivity index (χ4v) is 4.45. The van der Waals surface area contributed by atoms with Crippen molar-refractivity contribution >= 4 is 40.8 Å². The number of para-hydroxylation sites is 1. The average Bonchev–Trinajstić information content (AvgIpc) is 3.66. The summed E-state index contributed by atoms with van der Waals surface area (Å²) in [6.07, 6.45) is 1.94. The van der Waals surface area contributed by atoms with Crippen LogP contribution in [0.4, 0.5) is 5.69 Å². The van der Waals surface area contributed by atoms with Gasteiger partial charge in [0.1, 0.15) is 11.8 Å². The zero-order valence-corrected chi connectivity index (χ0v) is 21.7. The number of anilines is 1. The fourth-order valence-electron chi connectivity index (χ4n) is 4.33. The van der Waals surface area contributed by atoms with E-state index in [0.717, 1.165) is 5.56 Å². The van der Waals surface area contributed by atoms with Gasteiger partial charge in [0.15, 0.2) is 6.61 Å². The molecule has 0 saturated heterocycles. The molecule has 4 aromatic rings. The molecule has 196 valence electrons. The first-order valence-electron chi connectivity index (χ1n) is 12.2. The van der Waals surface area contributed by atoms with E-state index in [-0.39, 0.29) is 17.0 Å². The molecule has 0 radical (unpaired) electrons. The molecule has 0 bridgehead atoms. The van der Waals surface area contributed by atoms with Gasteiger partial charge in [-0.15, -0.1) is 0 Å². The number of hydrogen-bond donors (Lipinski definition) is 0. The van der Waals surface area contributed by atoms with Crippen LogP contribution < -0.4 is 4.90 Å². The number of hydrazone groups is 1. The number of benzene rings is 3. The van der Waals surface area contributed by atoms with Crippen molar-refractivity contribution in [2.45, 2.75) is 12.5 Å². The predicted octanol–water partition coefficient (Wildman–Crippen LogP) is 5.74. The van der Waals surface area contributed by atoms with Crippen LogP contribution in [0, 0.1) is 0 Å². The van der Waals surface area contributed by atoms with Crippen molar-refractivity contribution in [1.29, 1.82) is 0 Å². The van der Waals surface area contributed by atoms with E-state index in [1.165, 1.54) is 22.2 Å². The number of rotatable bonds is 7. The van der Waals surface area contributed by atoms with E-state index in [9.17, 15) is 14.4 Å². The second-order valence-electron chi connectivity index (χ2n) is 8.85. The Morgan fingerprint density at radius 1 is 0.949 bits per heavy atom. The van der Waals surface area contributed by atoms with Gasteiger partial charge in [-0.3, -0.25) is 9.59 Å². The van der Waals surface area contributed by atoms with Crippen LogP contribution in [0.5, 0.6) is 0 Å². The van der Waals surface area contributed by atoms with E-state index in [4.69, 9.17) is 20.8 Å². The maximum atomic E-state index is 13.2. The minimum absolute atomic E-state index is 0.0624. The van der Waals surface area contributed by atoms with E-state index in [1.54, 1.807) is 61.6 Å². The van der Waals surface area contributed by atoms with E-state index in [2.05, 4.69) is 5.10 Å². The van der Waals surface area contributed by atoms with Crippen LogP contribution in [-0.4, -0.2) is 42.2 Å². The normalized spacial score (nSPS) is 14.6.